The Balaban J connectivity index is 1.49. The van der Waals surface area contributed by atoms with Crippen molar-refractivity contribution >= 4 is 57.0 Å². The van der Waals surface area contributed by atoms with Crippen LogP contribution in [0.2, 0.25) is 5.02 Å². The van der Waals surface area contributed by atoms with E-state index >= 15 is 0 Å². The number of thioether (sulfide) groups is 1. The van der Waals surface area contributed by atoms with Gasteiger partial charge in [0.05, 0.1) is 17.3 Å². The fraction of sp³-hybridized carbons (Fsp3) is 0.167. The van der Waals surface area contributed by atoms with Crippen molar-refractivity contribution < 1.29 is 14.4 Å². The number of rotatable bonds is 5. The molecule has 1 fully saturated rings. The van der Waals surface area contributed by atoms with Crippen molar-refractivity contribution in [1.82, 2.24) is 15.3 Å². The molecule has 3 amide bonds. The third-order valence-corrected chi connectivity index (χ3v) is 8.33. The summed E-state index contributed by atoms with van der Waals surface area (Å²) in [4.78, 5) is 54.1. The monoisotopic (exact) mass is 570 g/mol. The summed E-state index contributed by atoms with van der Waals surface area (Å²) in [7, 11) is 0. The molecule has 2 atom stereocenters. The van der Waals surface area contributed by atoms with E-state index in [0.29, 0.717) is 33.8 Å². The summed E-state index contributed by atoms with van der Waals surface area (Å²) in [5, 5.41) is 8.41. The van der Waals surface area contributed by atoms with E-state index in [-0.39, 0.29) is 12.0 Å². The fourth-order valence-corrected chi connectivity index (χ4v) is 6.09. The Morgan fingerprint density at radius 3 is 2.42 bits per heavy atom. The lowest BCUT2D eigenvalue weighted by atomic mass is 9.91. The van der Waals surface area contributed by atoms with Crippen LogP contribution < -0.4 is 10.9 Å². The largest absolute Gasteiger partial charge is 0.321 e. The Bertz CT molecular complexity index is 1770. The molecule has 2 aliphatic rings. The average molecular weight is 571 g/mol. The van der Waals surface area contributed by atoms with Crippen molar-refractivity contribution in [2.75, 3.05) is 0 Å². The standard InChI is InChI=1S/C30H23ClN4O4S/c1-16-6-8-17(9-7-16)23-14-22(34-35(23)25(36)15-24-28(37)33-30(39)40-24)27-26(18-10-12-19(31)13-11-18)20-4-2-3-5-21(20)32-29(27)38/h2-13,23-24H,14-15H2,1H3,(H,32,38)(H,33,37,39)/t23-,24?/m0/s1. The van der Waals surface area contributed by atoms with E-state index < -0.39 is 28.3 Å². The van der Waals surface area contributed by atoms with E-state index in [1.807, 2.05) is 67.6 Å². The molecule has 2 N–H and O–H groups in total. The highest BCUT2D eigenvalue weighted by Crippen LogP contribution is 2.38. The van der Waals surface area contributed by atoms with Crippen molar-refractivity contribution in [3.63, 3.8) is 0 Å². The second kappa shape index (κ2) is 10.4. The van der Waals surface area contributed by atoms with E-state index in [9.17, 15) is 19.2 Å². The summed E-state index contributed by atoms with van der Waals surface area (Å²) < 4.78 is 0. The number of pyridine rings is 1. The molecule has 0 bridgehead atoms. The number of imide groups is 1. The van der Waals surface area contributed by atoms with Gasteiger partial charge in [0.2, 0.25) is 11.8 Å². The number of H-pyrrole nitrogens is 1. The van der Waals surface area contributed by atoms with E-state index in [1.165, 1.54) is 5.01 Å². The number of nitrogens with one attached hydrogen (secondary N) is 2. The van der Waals surface area contributed by atoms with E-state index in [1.54, 1.807) is 12.1 Å². The number of aromatic nitrogens is 1. The van der Waals surface area contributed by atoms with Gasteiger partial charge in [-0.25, -0.2) is 5.01 Å². The molecule has 0 aliphatic carbocycles. The smallest absolute Gasteiger partial charge is 0.286 e. The zero-order chi connectivity index (χ0) is 28.0. The first-order valence-electron chi connectivity index (χ1n) is 12.7. The Kier molecular flexibility index (Phi) is 6.77. The SMILES string of the molecule is Cc1ccc([C@@H]2CC(c3c(-c4ccc(Cl)cc4)c4ccccc4[nH]c3=O)=NN2C(=O)CC2SC(=O)NC2=O)cc1. The van der Waals surface area contributed by atoms with Gasteiger partial charge in [-0.2, -0.15) is 5.10 Å². The number of aromatic amines is 1. The van der Waals surface area contributed by atoms with Crippen LogP contribution in [0.3, 0.4) is 0 Å². The number of halogens is 1. The van der Waals surface area contributed by atoms with Crippen molar-refractivity contribution in [3.8, 4) is 11.1 Å². The summed E-state index contributed by atoms with van der Waals surface area (Å²) in [6, 6.07) is 22.1. The number of hydrogen-bond acceptors (Lipinski definition) is 6. The molecule has 3 heterocycles. The normalized spacial score (nSPS) is 18.8. The molecule has 8 nitrogen and oxygen atoms in total. The second-order valence-corrected chi connectivity index (χ2v) is 11.4. The van der Waals surface area contributed by atoms with Crippen LogP contribution in [0.25, 0.3) is 22.0 Å². The lowest BCUT2D eigenvalue weighted by Gasteiger charge is -2.23. The number of amides is 3. The number of aryl methyl sites for hydroxylation is 1. The number of para-hydroxylation sites is 1. The molecule has 10 heteroatoms. The van der Waals surface area contributed by atoms with Gasteiger partial charge in [-0.15, -0.1) is 0 Å². The summed E-state index contributed by atoms with van der Waals surface area (Å²) in [5.41, 5.74) is 4.58. The van der Waals surface area contributed by atoms with Crippen LogP contribution in [0, 0.1) is 6.92 Å². The summed E-state index contributed by atoms with van der Waals surface area (Å²) in [6.07, 6.45) is 0.0965. The number of hydrazone groups is 1. The third-order valence-electron chi connectivity index (χ3n) is 7.10. The molecule has 1 aromatic heterocycles. The van der Waals surface area contributed by atoms with Gasteiger partial charge in [0.15, 0.2) is 0 Å². The van der Waals surface area contributed by atoms with E-state index in [4.69, 9.17) is 16.7 Å². The number of benzene rings is 3. The first-order chi connectivity index (χ1) is 19.3. The molecule has 6 rings (SSSR count). The molecule has 200 valence electrons. The van der Waals surface area contributed by atoms with Crippen LogP contribution in [0.1, 0.15) is 35.6 Å². The van der Waals surface area contributed by atoms with Crippen molar-refractivity contribution in [2.24, 2.45) is 5.10 Å². The number of carbonyl (C=O) groups excluding carboxylic acids is 3. The third kappa shape index (κ3) is 4.82. The van der Waals surface area contributed by atoms with Crippen molar-refractivity contribution in [2.45, 2.75) is 31.1 Å². The molecule has 4 aromatic rings. The minimum absolute atomic E-state index is 0.195. The summed E-state index contributed by atoms with van der Waals surface area (Å²) in [6.45, 7) is 1.98. The molecular formula is C30H23ClN4O4S. The van der Waals surface area contributed by atoms with Gasteiger partial charge in [0, 0.05) is 34.3 Å². The van der Waals surface area contributed by atoms with E-state index in [2.05, 4.69) is 10.3 Å². The zero-order valence-electron chi connectivity index (χ0n) is 21.3. The molecule has 0 radical (unpaired) electrons. The molecule has 3 aromatic carbocycles. The van der Waals surface area contributed by atoms with Crippen molar-refractivity contribution in [1.29, 1.82) is 0 Å². The van der Waals surface area contributed by atoms with Gasteiger partial charge in [-0.1, -0.05) is 83.5 Å². The number of nitrogens with zero attached hydrogens (tertiary/aromatic N) is 2. The Labute approximate surface area is 238 Å². The van der Waals surface area contributed by atoms with Crippen LogP contribution >= 0.6 is 23.4 Å². The summed E-state index contributed by atoms with van der Waals surface area (Å²) in [5.74, 6) is -0.900. The van der Waals surface area contributed by atoms with Crippen LogP contribution in [0.15, 0.2) is 82.7 Å². The van der Waals surface area contributed by atoms with Crippen LogP contribution in [0.4, 0.5) is 4.79 Å². The lowest BCUT2D eigenvalue weighted by molar-refractivity contribution is -0.134. The van der Waals surface area contributed by atoms with Gasteiger partial charge in [-0.3, -0.25) is 24.5 Å². The molecule has 0 saturated carbocycles. The average Bonchev–Trinajstić information content (AvgIpc) is 3.51. The maximum atomic E-state index is 13.6. The predicted octanol–water partition coefficient (Wildman–Crippen LogP) is 5.58. The molecule has 1 saturated heterocycles. The van der Waals surface area contributed by atoms with Gasteiger partial charge in [-0.05, 0) is 36.2 Å². The maximum Gasteiger partial charge on any atom is 0.286 e. The Hall–Kier alpha value is -4.21. The first kappa shape index (κ1) is 26.0. The Morgan fingerprint density at radius 2 is 1.73 bits per heavy atom. The van der Waals surface area contributed by atoms with E-state index in [0.717, 1.165) is 33.8 Å². The minimum Gasteiger partial charge on any atom is -0.321 e. The molecule has 40 heavy (non-hydrogen) atoms. The summed E-state index contributed by atoms with van der Waals surface area (Å²) >= 11 is 6.97. The van der Waals surface area contributed by atoms with Crippen molar-refractivity contribution in [3.05, 3.63) is 105 Å². The molecule has 0 spiro atoms. The fourth-order valence-electron chi connectivity index (χ4n) is 5.15. The van der Waals surface area contributed by atoms with Gasteiger partial charge in [0.25, 0.3) is 10.8 Å². The molecule has 2 aliphatic heterocycles. The topological polar surface area (TPSA) is 112 Å². The zero-order valence-corrected chi connectivity index (χ0v) is 22.9. The van der Waals surface area contributed by atoms with Crippen LogP contribution in [-0.2, 0) is 9.59 Å². The number of hydrogen-bond donors (Lipinski definition) is 2. The second-order valence-electron chi connectivity index (χ2n) is 9.76. The van der Waals surface area contributed by atoms with Gasteiger partial charge < -0.3 is 4.98 Å². The molecular weight excluding hydrogens is 548 g/mol. The minimum atomic E-state index is -0.827. The highest BCUT2D eigenvalue weighted by Gasteiger charge is 2.39. The number of carbonyl (C=O) groups is 3. The number of fused-ring (bicyclic) bond motifs is 1. The van der Waals surface area contributed by atoms with Crippen LogP contribution in [0.5, 0.6) is 0 Å². The highest BCUT2D eigenvalue weighted by atomic mass is 35.5. The van der Waals surface area contributed by atoms with Gasteiger partial charge in [0.1, 0.15) is 5.25 Å². The molecule has 1 unspecified atom stereocenters. The Morgan fingerprint density at radius 1 is 1.00 bits per heavy atom. The quantitative estimate of drug-likeness (QED) is 0.325. The maximum absolute atomic E-state index is 13.6. The van der Waals surface area contributed by atoms with Crippen LogP contribution in [-0.4, -0.2) is 38.0 Å². The highest BCUT2D eigenvalue weighted by molar-refractivity contribution is 8.15. The predicted molar refractivity (Wildman–Crippen MR) is 156 cm³/mol. The van der Waals surface area contributed by atoms with Gasteiger partial charge >= 0.3 is 0 Å². The first-order valence-corrected chi connectivity index (χ1v) is 13.9. The lowest BCUT2D eigenvalue weighted by Crippen LogP contribution is -2.32.